The summed E-state index contributed by atoms with van der Waals surface area (Å²) in [5.74, 6) is -7.04. The molecule has 1 heterocycles. The summed E-state index contributed by atoms with van der Waals surface area (Å²) in [5, 5.41) is 9.92. The van der Waals surface area contributed by atoms with Crippen LogP contribution in [-0.2, 0) is 19.2 Å². The Bertz CT molecular complexity index is 1180. The molecule has 1 aliphatic carbocycles. The second-order valence-electron chi connectivity index (χ2n) is 9.17. The monoisotopic (exact) mass is 524 g/mol. The van der Waals surface area contributed by atoms with E-state index in [9.17, 15) is 36.7 Å². The average Bonchev–Trinajstić information content (AvgIpc) is 3.35. The van der Waals surface area contributed by atoms with Crippen molar-refractivity contribution in [2.45, 2.75) is 57.4 Å². The van der Waals surface area contributed by atoms with E-state index in [0.29, 0.717) is 25.1 Å². The number of ketones is 1. The summed E-state index contributed by atoms with van der Waals surface area (Å²) >= 11 is 0. The number of hydrogen-bond acceptors (Lipinski definition) is 5. The first-order chi connectivity index (χ1) is 17.3. The van der Waals surface area contributed by atoms with Crippen LogP contribution in [0.5, 0.6) is 0 Å². The predicted molar refractivity (Wildman–Crippen MR) is 127 cm³/mol. The highest BCUT2D eigenvalue weighted by atomic mass is 19.3. The SMILES string of the molecule is CNC(=O)C1(NC(=O)C(=O)C(=C2\CCCN2)/C(C)=C(\C)C(=O)Nc2cccc(C(F)F)c2)CC(F)(F)C1. The summed E-state index contributed by atoms with van der Waals surface area (Å²) in [6.45, 7) is 3.37. The van der Waals surface area contributed by atoms with Crippen LogP contribution in [0.3, 0.4) is 0 Å². The Morgan fingerprint density at radius 3 is 2.24 bits per heavy atom. The van der Waals surface area contributed by atoms with E-state index < -0.39 is 54.2 Å². The van der Waals surface area contributed by atoms with Gasteiger partial charge in [-0.05, 0) is 44.4 Å². The van der Waals surface area contributed by atoms with Gasteiger partial charge < -0.3 is 21.3 Å². The van der Waals surface area contributed by atoms with Crippen molar-refractivity contribution in [3.8, 4) is 0 Å². The number of hydrogen-bond donors (Lipinski definition) is 4. The fraction of sp³-hybridized carbons (Fsp3) is 0.440. The summed E-state index contributed by atoms with van der Waals surface area (Å²) in [4.78, 5) is 51.4. The molecule has 2 aliphatic rings. The van der Waals surface area contributed by atoms with Gasteiger partial charge >= 0.3 is 0 Å². The minimum Gasteiger partial charge on any atom is -0.388 e. The van der Waals surface area contributed by atoms with E-state index in [-0.39, 0.29) is 28.0 Å². The Kier molecular flexibility index (Phi) is 8.09. The number of likely N-dealkylation sites (N-methyl/N-ethyl adjacent to an activating group) is 1. The molecule has 0 unspecified atom stereocenters. The number of halogens is 4. The molecule has 12 heteroatoms. The molecule has 0 bridgehead atoms. The average molecular weight is 525 g/mol. The molecule has 37 heavy (non-hydrogen) atoms. The largest absolute Gasteiger partial charge is 0.388 e. The maximum Gasteiger partial charge on any atom is 0.293 e. The van der Waals surface area contributed by atoms with Crippen LogP contribution in [0.15, 0.2) is 46.7 Å². The number of carbonyl (C=O) groups is 4. The molecule has 1 aromatic rings. The number of anilines is 1. The van der Waals surface area contributed by atoms with Gasteiger partial charge in [-0.25, -0.2) is 17.6 Å². The molecule has 0 spiro atoms. The Morgan fingerprint density at radius 2 is 1.70 bits per heavy atom. The van der Waals surface area contributed by atoms with Gasteiger partial charge in [-0.15, -0.1) is 0 Å². The zero-order valence-corrected chi connectivity index (χ0v) is 20.6. The van der Waals surface area contributed by atoms with Gasteiger partial charge in [-0.2, -0.15) is 0 Å². The van der Waals surface area contributed by atoms with Crippen LogP contribution in [0.2, 0.25) is 0 Å². The summed E-state index contributed by atoms with van der Waals surface area (Å²) in [6.07, 6.45) is -3.57. The molecule has 1 saturated heterocycles. The molecule has 4 N–H and O–H groups in total. The molecule has 0 radical (unpaired) electrons. The molecule has 2 fully saturated rings. The van der Waals surface area contributed by atoms with E-state index in [1.165, 1.54) is 39.1 Å². The van der Waals surface area contributed by atoms with Crippen LogP contribution in [0.4, 0.5) is 23.2 Å². The van der Waals surface area contributed by atoms with Crippen molar-refractivity contribution in [3.05, 3.63) is 52.2 Å². The van der Waals surface area contributed by atoms with Gasteiger partial charge in [-0.1, -0.05) is 12.1 Å². The molecule has 3 amide bonds. The highest BCUT2D eigenvalue weighted by Crippen LogP contribution is 2.45. The second kappa shape index (κ2) is 10.7. The van der Waals surface area contributed by atoms with Gasteiger partial charge in [-0.3, -0.25) is 19.2 Å². The lowest BCUT2D eigenvalue weighted by molar-refractivity contribution is -0.166. The molecule has 1 aromatic carbocycles. The zero-order valence-electron chi connectivity index (χ0n) is 20.6. The Morgan fingerprint density at radius 1 is 1.03 bits per heavy atom. The van der Waals surface area contributed by atoms with Crippen LogP contribution >= 0.6 is 0 Å². The van der Waals surface area contributed by atoms with Gasteiger partial charge in [0.2, 0.25) is 5.91 Å². The lowest BCUT2D eigenvalue weighted by atomic mass is 9.72. The van der Waals surface area contributed by atoms with Gasteiger partial charge in [0.05, 0.1) is 5.57 Å². The lowest BCUT2D eigenvalue weighted by Crippen LogP contribution is -2.69. The number of allylic oxidation sites excluding steroid dienone is 2. The van der Waals surface area contributed by atoms with Crippen molar-refractivity contribution in [2.24, 2.45) is 0 Å². The van der Waals surface area contributed by atoms with Crippen LogP contribution < -0.4 is 21.3 Å². The predicted octanol–water partition coefficient (Wildman–Crippen LogP) is 3.14. The van der Waals surface area contributed by atoms with Gasteiger partial charge in [0.15, 0.2) is 0 Å². The van der Waals surface area contributed by atoms with Crippen LogP contribution in [-0.4, -0.2) is 48.6 Å². The van der Waals surface area contributed by atoms with Crippen LogP contribution in [0.25, 0.3) is 0 Å². The summed E-state index contributed by atoms with van der Waals surface area (Å²) < 4.78 is 53.3. The van der Waals surface area contributed by atoms with Crippen LogP contribution in [0.1, 0.15) is 51.5 Å². The van der Waals surface area contributed by atoms with E-state index in [1.807, 2.05) is 0 Å². The molecule has 8 nitrogen and oxygen atoms in total. The molecular weight excluding hydrogens is 496 g/mol. The molecule has 3 rings (SSSR count). The third-order valence-corrected chi connectivity index (χ3v) is 6.49. The summed E-state index contributed by atoms with van der Waals surface area (Å²) in [7, 11) is 1.23. The first-order valence-corrected chi connectivity index (χ1v) is 11.6. The summed E-state index contributed by atoms with van der Waals surface area (Å²) in [6, 6.07) is 5.12. The van der Waals surface area contributed by atoms with Gasteiger partial charge in [0.1, 0.15) is 5.54 Å². The van der Waals surface area contributed by atoms with E-state index >= 15 is 0 Å². The topological polar surface area (TPSA) is 116 Å². The number of carbonyl (C=O) groups excluding carboxylic acids is 4. The zero-order chi connectivity index (χ0) is 27.5. The molecule has 1 saturated carbocycles. The molecule has 200 valence electrons. The van der Waals surface area contributed by atoms with Crippen molar-refractivity contribution < 1.29 is 36.7 Å². The molecule has 0 atom stereocenters. The molecule has 1 aliphatic heterocycles. The number of amides is 3. The van der Waals surface area contributed by atoms with Crippen molar-refractivity contribution in [2.75, 3.05) is 18.9 Å². The fourth-order valence-corrected chi connectivity index (χ4v) is 4.44. The van der Waals surface area contributed by atoms with Crippen molar-refractivity contribution in [3.63, 3.8) is 0 Å². The quantitative estimate of drug-likeness (QED) is 0.237. The first-order valence-electron chi connectivity index (χ1n) is 11.6. The van der Waals surface area contributed by atoms with E-state index in [1.54, 1.807) is 0 Å². The maximum absolute atomic E-state index is 13.6. The molecular formula is C25H28F4N4O4. The minimum absolute atomic E-state index is 0.0380. The van der Waals surface area contributed by atoms with E-state index in [4.69, 9.17) is 0 Å². The Balaban J connectivity index is 1.89. The Labute approximate surface area is 210 Å². The van der Waals surface area contributed by atoms with Crippen molar-refractivity contribution in [1.82, 2.24) is 16.0 Å². The van der Waals surface area contributed by atoms with E-state index in [2.05, 4.69) is 21.3 Å². The normalized spacial score (nSPS) is 19.7. The van der Waals surface area contributed by atoms with E-state index in [0.717, 1.165) is 6.07 Å². The molecule has 0 aromatic heterocycles. The van der Waals surface area contributed by atoms with Gasteiger partial charge in [0, 0.05) is 49.0 Å². The third kappa shape index (κ3) is 6.00. The van der Waals surface area contributed by atoms with Gasteiger partial charge in [0.25, 0.3) is 29.9 Å². The Hall–Kier alpha value is -3.70. The van der Waals surface area contributed by atoms with Crippen LogP contribution in [0, 0.1) is 0 Å². The first kappa shape index (κ1) is 27.9. The lowest BCUT2D eigenvalue weighted by Gasteiger charge is -2.45. The highest BCUT2D eigenvalue weighted by Gasteiger charge is 2.62. The maximum atomic E-state index is 13.6. The van der Waals surface area contributed by atoms with Crippen molar-refractivity contribution in [1.29, 1.82) is 0 Å². The fourth-order valence-electron chi connectivity index (χ4n) is 4.44. The van der Waals surface area contributed by atoms with Crippen molar-refractivity contribution >= 4 is 29.2 Å². The number of Topliss-reactive ketones (excluding diaryl/α,β-unsaturated/α-hetero) is 1. The number of alkyl halides is 4. The smallest absolute Gasteiger partial charge is 0.293 e. The number of benzene rings is 1. The minimum atomic E-state index is -3.16. The highest BCUT2D eigenvalue weighted by molar-refractivity contribution is 6.44. The summed E-state index contributed by atoms with van der Waals surface area (Å²) in [5.41, 5.74) is -1.63. The third-order valence-electron chi connectivity index (χ3n) is 6.49. The number of rotatable bonds is 8. The number of nitrogens with one attached hydrogen (secondary N) is 4. The standard InChI is InChI=1S/C25H28F4N4O4/c1-13(14(2)21(35)32-16-7-4-6-15(10-16)20(26)27)18(17-8-5-9-31-17)19(34)22(36)33-24(23(37)30-3)11-25(28,29)12-24/h4,6-7,10,20,31H,5,8-9,11-12H2,1-3H3,(H,30,37)(H,32,35)(H,33,36)/b14-13+,18-17+. The second-order valence-corrected chi connectivity index (χ2v) is 9.17.